The highest BCUT2D eigenvalue weighted by Crippen LogP contribution is 2.22. The van der Waals surface area contributed by atoms with Gasteiger partial charge in [0.15, 0.2) is 0 Å². The molecule has 2 nitrogen and oxygen atoms in total. The maximum atomic E-state index is 5.50. The molecule has 0 unspecified atom stereocenters. The van der Waals surface area contributed by atoms with Crippen molar-refractivity contribution in [1.29, 1.82) is 0 Å². The summed E-state index contributed by atoms with van der Waals surface area (Å²) in [5, 5.41) is 0. The number of methoxy groups -OCH3 is 1. The standard InChI is InChI=1S/C12H17NOS/c1-10(9-13)6-7-15-12-5-3-4-11(8-12)14-2/h3-6,8H,7,9,13H2,1-2H3/b10-6-. The van der Waals surface area contributed by atoms with Crippen LogP contribution in [0.3, 0.4) is 0 Å². The van der Waals surface area contributed by atoms with E-state index in [-0.39, 0.29) is 0 Å². The monoisotopic (exact) mass is 223 g/mol. The molecule has 1 aromatic carbocycles. The van der Waals surface area contributed by atoms with Crippen LogP contribution in [-0.4, -0.2) is 19.4 Å². The fourth-order valence-electron chi connectivity index (χ4n) is 1.05. The van der Waals surface area contributed by atoms with E-state index in [9.17, 15) is 0 Å². The van der Waals surface area contributed by atoms with Gasteiger partial charge in [-0.1, -0.05) is 17.7 Å². The summed E-state index contributed by atoms with van der Waals surface area (Å²) in [6.07, 6.45) is 2.16. The minimum absolute atomic E-state index is 0.638. The Morgan fingerprint density at radius 3 is 3.00 bits per heavy atom. The quantitative estimate of drug-likeness (QED) is 0.615. The van der Waals surface area contributed by atoms with Crippen LogP contribution in [0.5, 0.6) is 5.75 Å². The molecule has 15 heavy (non-hydrogen) atoms. The molecule has 0 saturated heterocycles. The number of ether oxygens (including phenoxy) is 1. The first-order valence-electron chi connectivity index (χ1n) is 4.89. The summed E-state index contributed by atoms with van der Waals surface area (Å²) in [5.41, 5.74) is 6.73. The molecule has 0 radical (unpaired) electrons. The van der Waals surface area contributed by atoms with Crippen molar-refractivity contribution in [3.05, 3.63) is 35.9 Å². The van der Waals surface area contributed by atoms with Crippen LogP contribution in [0, 0.1) is 0 Å². The largest absolute Gasteiger partial charge is 0.497 e. The van der Waals surface area contributed by atoms with Crippen LogP contribution in [0.1, 0.15) is 6.92 Å². The van der Waals surface area contributed by atoms with E-state index in [4.69, 9.17) is 10.5 Å². The molecule has 0 spiro atoms. The lowest BCUT2D eigenvalue weighted by Gasteiger charge is -2.02. The summed E-state index contributed by atoms with van der Waals surface area (Å²) in [4.78, 5) is 1.22. The predicted molar refractivity (Wildman–Crippen MR) is 66.5 cm³/mol. The van der Waals surface area contributed by atoms with E-state index in [1.54, 1.807) is 18.9 Å². The Hall–Kier alpha value is -0.930. The minimum atomic E-state index is 0.638. The molecular formula is C12H17NOS. The van der Waals surface area contributed by atoms with E-state index in [1.165, 1.54) is 10.5 Å². The summed E-state index contributed by atoms with van der Waals surface area (Å²) in [7, 11) is 1.68. The van der Waals surface area contributed by atoms with Gasteiger partial charge < -0.3 is 10.5 Å². The summed E-state index contributed by atoms with van der Waals surface area (Å²) < 4.78 is 5.15. The molecule has 0 atom stereocenters. The summed E-state index contributed by atoms with van der Waals surface area (Å²) in [6.45, 7) is 2.69. The van der Waals surface area contributed by atoms with Gasteiger partial charge >= 0.3 is 0 Å². The van der Waals surface area contributed by atoms with Crippen LogP contribution in [0.4, 0.5) is 0 Å². The summed E-state index contributed by atoms with van der Waals surface area (Å²) in [5.74, 6) is 1.86. The number of nitrogens with two attached hydrogens (primary N) is 1. The van der Waals surface area contributed by atoms with Crippen molar-refractivity contribution in [2.24, 2.45) is 5.73 Å². The lowest BCUT2D eigenvalue weighted by atomic mass is 10.3. The molecule has 0 amide bonds. The third kappa shape index (κ3) is 4.40. The smallest absolute Gasteiger partial charge is 0.119 e. The van der Waals surface area contributed by atoms with Gasteiger partial charge in [-0.3, -0.25) is 0 Å². The number of thioether (sulfide) groups is 1. The maximum Gasteiger partial charge on any atom is 0.119 e. The summed E-state index contributed by atoms with van der Waals surface area (Å²) in [6, 6.07) is 8.07. The summed E-state index contributed by atoms with van der Waals surface area (Å²) >= 11 is 1.78. The zero-order chi connectivity index (χ0) is 11.1. The highest BCUT2D eigenvalue weighted by Gasteiger charge is 1.95. The highest BCUT2D eigenvalue weighted by molar-refractivity contribution is 7.99. The Kier molecular flexibility index (Phi) is 5.29. The highest BCUT2D eigenvalue weighted by atomic mass is 32.2. The number of rotatable bonds is 5. The zero-order valence-corrected chi connectivity index (χ0v) is 10.0. The van der Waals surface area contributed by atoms with Crippen molar-refractivity contribution in [3.8, 4) is 5.75 Å². The van der Waals surface area contributed by atoms with E-state index < -0.39 is 0 Å². The fourth-order valence-corrected chi connectivity index (χ4v) is 1.99. The molecular weight excluding hydrogens is 206 g/mol. The van der Waals surface area contributed by atoms with Crippen LogP contribution in [-0.2, 0) is 0 Å². The van der Waals surface area contributed by atoms with E-state index in [2.05, 4.69) is 12.1 Å². The van der Waals surface area contributed by atoms with Crippen LogP contribution in [0.15, 0.2) is 40.8 Å². The molecule has 0 fully saturated rings. The average Bonchev–Trinajstić information content (AvgIpc) is 2.29. The van der Waals surface area contributed by atoms with E-state index in [0.29, 0.717) is 6.54 Å². The molecule has 0 aliphatic carbocycles. The molecule has 0 aliphatic heterocycles. The van der Waals surface area contributed by atoms with Crippen molar-refractivity contribution < 1.29 is 4.74 Å². The molecule has 3 heteroatoms. The van der Waals surface area contributed by atoms with Crippen LogP contribution >= 0.6 is 11.8 Å². The lowest BCUT2D eigenvalue weighted by Crippen LogP contribution is -1.99. The van der Waals surface area contributed by atoms with Gasteiger partial charge in [0.1, 0.15) is 5.75 Å². The van der Waals surface area contributed by atoms with Gasteiger partial charge in [-0.05, 0) is 25.1 Å². The van der Waals surface area contributed by atoms with Gasteiger partial charge in [-0.25, -0.2) is 0 Å². The normalized spacial score (nSPS) is 11.5. The molecule has 82 valence electrons. The second-order valence-electron chi connectivity index (χ2n) is 3.24. The van der Waals surface area contributed by atoms with Crippen molar-refractivity contribution in [2.75, 3.05) is 19.4 Å². The number of hydrogen-bond acceptors (Lipinski definition) is 3. The van der Waals surface area contributed by atoms with Gasteiger partial charge in [0, 0.05) is 17.2 Å². The Balaban J connectivity index is 2.50. The SMILES string of the molecule is COc1cccc(SC/C=C(/C)CN)c1. The lowest BCUT2D eigenvalue weighted by molar-refractivity contribution is 0.413. The Morgan fingerprint density at radius 2 is 2.33 bits per heavy atom. The molecule has 0 heterocycles. The van der Waals surface area contributed by atoms with Crippen LogP contribution in [0.2, 0.25) is 0 Å². The Bertz CT molecular complexity index is 336. The number of hydrogen-bond donors (Lipinski definition) is 1. The average molecular weight is 223 g/mol. The van der Waals surface area contributed by atoms with Crippen molar-refractivity contribution in [1.82, 2.24) is 0 Å². The van der Waals surface area contributed by atoms with Crippen LogP contribution < -0.4 is 10.5 Å². The molecule has 2 N–H and O–H groups in total. The van der Waals surface area contributed by atoms with Gasteiger partial charge in [-0.15, -0.1) is 11.8 Å². The van der Waals surface area contributed by atoms with Crippen molar-refractivity contribution in [2.45, 2.75) is 11.8 Å². The van der Waals surface area contributed by atoms with Crippen LogP contribution in [0.25, 0.3) is 0 Å². The fraction of sp³-hybridized carbons (Fsp3) is 0.333. The van der Waals surface area contributed by atoms with Gasteiger partial charge in [0.05, 0.1) is 7.11 Å². The second-order valence-corrected chi connectivity index (χ2v) is 4.34. The predicted octanol–water partition coefficient (Wildman–Crippen LogP) is 2.69. The maximum absolute atomic E-state index is 5.50. The Labute approximate surface area is 95.5 Å². The van der Waals surface area contributed by atoms with Crippen molar-refractivity contribution >= 4 is 11.8 Å². The first-order valence-corrected chi connectivity index (χ1v) is 5.87. The first kappa shape index (κ1) is 12.1. The molecule has 0 aliphatic rings. The van der Waals surface area contributed by atoms with Gasteiger partial charge in [0.25, 0.3) is 0 Å². The van der Waals surface area contributed by atoms with Crippen molar-refractivity contribution in [3.63, 3.8) is 0 Å². The molecule has 0 bridgehead atoms. The number of benzene rings is 1. The molecule has 0 saturated carbocycles. The third-order valence-corrected chi connectivity index (χ3v) is 2.97. The second kappa shape index (κ2) is 6.53. The van der Waals surface area contributed by atoms with E-state index in [0.717, 1.165) is 11.5 Å². The zero-order valence-electron chi connectivity index (χ0n) is 9.19. The minimum Gasteiger partial charge on any atom is -0.497 e. The topological polar surface area (TPSA) is 35.2 Å². The van der Waals surface area contributed by atoms with Gasteiger partial charge in [0.2, 0.25) is 0 Å². The van der Waals surface area contributed by atoms with E-state index >= 15 is 0 Å². The molecule has 0 aromatic heterocycles. The molecule has 1 rings (SSSR count). The van der Waals surface area contributed by atoms with Gasteiger partial charge in [-0.2, -0.15) is 0 Å². The third-order valence-electron chi connectivity index (χ3n) is 2.04. The molecule has 1 aromatic rings. The van der Waals surface area contributed by atoms with E-state index in [1.807, 2.05) is 25.1 Å². The first-order chi connectivity index (χ1) is 7.26. The Morgan fingerprint density at radius 1 is 1.53 bits per heavy atom.